The molecular weight excluding hydrogens is 184 g/mol. The van der Waals surface area contributed by atoms with E-state index in [-0.39, 0.29) is 0 Å². The van der Waals surface area contributed by atoms with Gasteiger partial charge in [-0.3, -0.25) is 0 Å². The number of hydrogen-bond acceptors (Lipinski definition) is 2. The number of nitrogens with zero attached hydrogens (tertiary/aromatic N) is 1. The van der Waals surface area contributed by atoms with Crippen LogP contribution in [0.3, 0.4) is 0 Å². The summed E-state index contributed by atoms with van der Waals surface area (Å²) in [7, 11) is 0. The molecule has 1 aliphatic heterocycles. The molecule has 1 aromatic rings. The smallest absolute Gasteiger partial charge is 0.0407 e. The summed E-state index contributed by atoms with van der Waals surface area (Å²) in [6.45, 7) is 2.02. The minimum atomic E-state index is 0.329. The highest BCUT2D eigenvalue weighted by Crippen LogP contribution is 2.21. The van der Waals surface area contributed by atoms with Gasteiger partial charge in [0.2, 0.25) is 0 Å². The largest absolute Gasteiger partial charge is 0.370 e. The zero-order valence-electron chi connectivity index (χ0n) is 7.41. The van der Waals surface area contributed by atoms with Crippen LogP contribution in [-0.4, -0.2) is 19.1 Å². The highest BCUT2D eigenvalue weighted by Gasteiger charge is 2.18. The van der Waals surface area contributed by atoms with Crippen molar-refractivity contribution in [2.45, 2.75) is 12.5 Å². The van der Waals surface area contributed by atoms with Crippen LogP contribution in [0.15, 0.2) is 24.3 Å². The minimum absolute atomic E-state index is 0.329. The lowest BCUT2D eigenvalue weighted by atomic mass is 10.3. The quantitative estimate of drug-likeness (QED) is 0.743. The first kappa shape index (κ1) is 8.85. The topological polar surface area (TPSA) is 29.3 Å². The Kier molecular flexibility index (Phi) is 2.42. The predicted molar refractivity (Wildman–Crippen MR) is 56.3 cm³/mol. The fourth-order valence-corrected chi connectivity index (χ4v) is 1.80. The molecule has 13 heavy (non-hydrogen) atoms. The highest BCUT2D eigenvalue weighted by atomic mass is 35.5. The van der Waals surface area contributed by atoms with Gasteiger partial charge in [0.15, 0.2) is 0 Å². The van der Waals surface area contributed by atoms with Gasteiger partial charge < -0.3 is 10.6 Å². The Hall–Kier alpha value is -0.730. The van der Waals surface area contributed by atoms with E-state index in [0.29, 0.717) is 6.04 Å². The Bertz CT molecular complexity index is 283. The van der Waals surface area contributed by atoms with Crippen LogP contribution < -0.4 is 10.6 Å². The molecule has 0 saturated carbocycles. The first-order chi connectivity index (χ1) is 6.25. The van der Waals surface area contributed by atoms with Crippen molar-refractivity contribution in [2.75, 3.05) is 18.0 Å². The monoisotopic (exact) mass is 196 g/mol. The van der Waals surface area contributed by atoms with Crippen molar-refractivity contribution in [1.29, 1.82) is 0 Å². The van der Waals surface area contributed by atoms with Crippen molar-refractivity contribution in [2.24, 2.45) is 5.73 Å². The fourth-order valence-electron chi connectivity index (χ4n) is 1.67. The molecule has 1 aromatic carbocycles. The standard InChI is InChI=1S/C10H13ClN2/c11-8-1-3-10(4-2-8)13-6-5-9(12)7-13/h1-4,9H,5-7,12H2. The van der Waals surface area contributed by atoms with Gasteiger partial charge in [-0.05, 0) is 30.7 Å². The molecule has 2 nitrogen and oxygen atoms in total. The lowest BCUT2D eigenvalue weighted by Crippen LogP contribution is -2.26. The van der Waals surface area contributed by atoms with Gasteiger partial charge in [-0.2, -0.15) is 0 Å². The summed E-state index contributed by atoms with van der Waals surface area (Å²) in [5.74, 6) is 0. The Morgan fingerprint density at radius 2 is 2.00 bits per heavy atom. The number of anilines is 1. The molecule has 0 amide bonds. The van der Waals surface area contributed by atoms with Gasteiger partial charge >= 0.3 is 0 Å². The Morgan fingerprint density at radius 3 is 2.54 bits per heavy atom. The van der Waals surface area contributed by atoms with E-state index in [4.69, 9.17) is 17.3 Å². The Balaban J connectivity index is 2.13. The van der Waals surface area contributed by atoms with Crippen molar-refractivity contribution in [1.82, 2.24) is 0 Å². The van der Waals surface area contributed by atoms with Crippen LogP contribution in [0.1, 0.15) is 6.42 Å². The van der Waals surface area contributed by atoms with Crippen LogP contribution in [-0.2, 0) is 0 Å². The second kappa shape index (κ2) is 3.56. The van der Waals surface area contributed by atoms with E-state index in [1.165, 1.54) is 5.69 Å². The van der Waals surface area contributed by atoms with Crippen molar-refractivity contribution >= 4 is 17.3 Å². The van der Waals surface area contributed by atoms with E-state index in [2.05, 4.69) is 4.90 Å². The number of nitrogens with two attached hydrogens (primary N) is 1. The minimum Gasteiger partial charge on any atom is -0.370 e. The Labute approximate surface area is 83.3 Å². The lowest BCUT2D eigenvalue weighted by Gasteiger charge is -2.17. The average Bonchev–Trinajstić information content (AvgIpc) is 2.53. The van der Waals surface area contributed by atoms with E-state index in [1.807, 2.05) is 24.3 Å². The average molecular weight is 197 g/mol. The SMILES string of the molecule is NC1CCN(c2ccc(Cl)cc2)C1. The van der Waals surface area contributed by atoms with Crippen molar-refractivity contribution < 1.29 is 0 Å². The molecule has 1 saturated heterocycles. The van der Waals surface area contributed by atoms with E-state index in [0.717, 1.165) is 24.5 Å². The molecule has 1 aliphatic rings. The van der Waals surface area contributed by atoms with E-state index in [1.54, 1.807) is 0 Å². The number of hydrogen-bond donors (Lipinski definition) is 1. The van der Waals surface area contributed by atoms with E-state index >= 15 is 0 Å². The van der Waals surface area contributed by atoms with Gasteiger partial charge in [0.1, 0.15) is 0 Å². The number of benzene rings is 1. The summed E-state index contributed by atoms with van der Waals surface area (Å²) in [5, 5.41) is 0.784. The third kappa shape index (κ3) is 1.95. The predicted octanol–water partition coefficient (Wildman–Crippen LogP) is 1.88. The van der Waals surface area contributed by atoms with Gasteiger partial charge in [0.05, 0.1) is 0 Å². The molecule has 0 aliphatic carbocycles. The molecule has 2 N–H and O–H groups in total. The third-order valence-electron chi connectivity index (χ3n) is 2.42. The third-order valence-corrected chi connectivity index (χ3v) is 2.67. The summed E-state index contributed by atoms with van der Waals surface area (Å²) in [6, 6.07) is 8.25. The normalized spacial score (nSPS) is 22.3. The van der Waals surface area contributed by atoms with E-state index in [9.17, 15) is 0 Å². The molecule has 70 valence electrons. The van der Waals surface area contributed by atoms with E-state index < -0.39 is 0 Å². The molecule has 0 radical (unpaired) electrons. The van der Waals surface area contributed by atoms with Crippen LogP contribution in [0.4, 0.5) is 5.69 Å². The summed E-state index contributed by atoms with van der Waals surface area (Å²) in [6.07, 6.45) is 1.09. The van der Waals surface area contributed by atoms with Gasteiger partial charge in [-0.25, -0.2) is 0 Å². The zero-order chi connectivity index (χ0) is 9.26. The molecule has 0 aromatic heterocycles. The molecule has 1 unspecified atom stereocenters. The van der Waals surface area contributed by atoms with Crippen LogP contribution in [0.2, 0.25) is 5.02 Å². The Morgan fingerprint density at radius 1 is 1.31 bits per heavy atom. The molecule has 2 rings (SSSR count). The molecule has 1 fully saturated rings. The second-order valence-electron chi connectivity index (χ2n) is 3.47. The molecule has 1 heterocycles. The molecular formula is C10H13ClN2. The molecule has 0 bridgehead atoms. The van der Waals surface area contributed by atoms with Crippen molar-refractivity contribution in [3.63, 3.8) is 0 Å². The van der Waals surface area contributed by atoms with Crippen LogP contribution >= 0.6 is 11.6 Å². The van der Waals surface area contributed by atoms with Gasteiger partial charge in [-0.15, -0.1) is 0 Å². The number of rotatable bonds is 1. The van der Waals surface area contributed by atoms with Gasteiger partial charge in [-0.1, -0.05) is 11.6 Å². The summed E-state index contributed by atoms with van der Waals surface area (Å²) in [4.78, 5) is 2.29. The van der Waals surface area contributed by atoms with Gasteiger partial charge in [0.25, 0.3) is 0 Å². The highest BCUT2D eigenvalue weighted by molar-refractivity contribution is 6.30. The van der Waals surface area contributed by atoms with Crippen molar-refractivity contribution in [3.05, 3.63) is 29.3 Å². The first-order valence-electron chi connectivity index (χ1n) is 4.52. The summed E-state index contributed by atoms with van der Waals surface area (Å²) >= 11 is 5.80. The molecule has 0 spiro atoms. The maximum atomic E-state index is 5.82. The lowest BCUT2D eigenvalue weighted by molar-refractivity contribution is 0.752. The number of halogens is 1. The molecule has 1 atom stereocenters. The fraction of sp³-hybridized carbons (Fsp3) is 0.400. The van der Waals surface area contributed by atoms with Crippen LogP contribution in [0, 0.1) is 0 Å². The summed E-state index contributed by atoms with van der Waals surface area (Å²) in [5.41, 5.74) is 7.04. The van der Waals surface area contributed by atoms with Crippen molar-refractivity contribution in [3.8, 4) is 0 Å². The first-order valence-corrected chi connectivity index (χ1v) is 4.89. The summed E-state index contributed by atoms with van der Waals surface area (Å²) < 4.78 is 0. The zero-order valence-corrected chi connectivity index (χ0v) is 8.17. The van der Waals surface area contributed by atoms with Crippen LogP contribution in [0.5, 0.6) is 0 Å². The molecule has 3 heteroatoms. The maximum Gasteiger partial charge on any atom is 0.0407 e. The van der Waals surface area contributed by atoms with Gasteiger partial charge in [0, 0.05) is 29.8 Å². The van der Waals surface area contributed by atoms with Crippen LogP contribution in [0.25, 0.3) is 0 Å². The second-order valence-corrected chi connectivity index (χ2v) is 3.91. The maximum absolute atomic E-state index is 5.82.